The van der Waals surface area contributed by atoms with Crippen LogP contribution in [0.5, 0.6) is 0 Å². The number of hydrogen-bond donors (Lipinski definition) is 1. The first kappa shape index (κ1) is 15.0. The average molecular weight is 305 g/mol. The number of hydrogen-bond acceptors (Lipinski definition) is 3. The van der Waals surface area contributed by atoms with Gasteiger partial charge in [-0.1, -0.05) is 42.5 Å². The first-order chi connectivity index (χ1) is 10.1. The van der Waals surface area contributed by atoms with Crippen molar-refractivity contribution in [2.45, 2.75) is 11.9 Å². The number of non-ortho nitro benzene ring substituents is 1. The van der Waals surface area contributed by atoms with Gasteiger partial charge in [0, 0.05) is 18.7 Å². The van der Waals surface area contributed by atoms with Crippen LogP contribution in [0.3, 0.4) is 0 Å². The molecule has 0 spiro atoms. The van der Waals surface area contributed by atoms with Crippen LogP contribution >= 0.6 is 11.6 Å². The first-order valence-corrected chi connectivity index (χ1v) is 6.71. The molecule has 2 aromatic carbocycles. The standard InChI is InChI=1S/C15H13ClN2O3/c16-14(12-4-2-1-3-5-12)15(19)17-10-11-6-8-13(9-7-11)18(20)21/h1-9,14H,10H2,(H,17,19). The Labute approximate surface area is 126 Å². The van der Waals surface area contributed by atoms with Gasteiger partial charge in [0.05, 0.1) is 4.92 Å². The van der Waals surface area contributed by atoms with Crippen molar-refractivity contribution in [2.24, 2.45) is 0 Å². The molecule has 6 heteroatoms. The van der Waals surface area contributed by atoms with Gasteiger partial charge in [0.2, 0.25) is 5.91 Å². The molecule has 0 aliphatic heterocycles. The highest BCUT2D eigenvalue weighted by Gasteiger charge is 2.16. The molecule has 0 radical (unpaired) electrons. The Balaban J connectivity index is 1.93. The van der Waals surface area contributed by atoms with Crippen molar-refractivity contribution in [3.8, 4) is 0 Å². The molecule has 1 N–H and O–H groups in total. The van der Waals surface area contributed by atoms with E-state index in [4.69, 9.17) is 11.6 Å². The predicted molar refractivity (Wildman–Crippen MR) is 80.0 cm³/mol. The molecule has 1 unspecified atom stereocenters. The van der Waals surface area contributed by atoms with E-state index in [-0.39, 0.29) is 18.1 Å². The fraction of sp³-hybridized carbons (Fsp3) is 0.133. The number of nitro benzene ring substituents is 1. The van der Waals surface area contributed by atoms with Crippen LogP contribution in [0, 0.1) is 10.1 Å². The van der Waals surface area contributed by atoms with E-state index < -0.39 is 10.3 Å². The molecular weight excluding hydrogens is 292 g/mol. The van der Waals surface area contributed by atoms with Crippen LogP contribution in [0.15, 0.2) is 54.6 Å². The summed E-state index contributed by atoms with van der Waals surface area (Å²) in [6.07, 6.45) is 0. The molecule has 2 rings (SSSR count). The molecular formula is C15H13ClN2O3. The van der Waals surface area contributed by atoms with E-state index >= 15 is 0 Å². The molecule has 0 aromatic heterocycles. The zero-order valence-electron chi connectivity index (χ0n) is 11.0. The number of halogens is 1. The molecule has 0 bridgehead atoms. The van der Waals surface area contributed by atoms with Crippen LogP contribution in [0.1, 0.15) is 16.5 Å². The lowest BCUT2D eigenvalue weighted by Crippen LogP contribution is -2.26. The van der Waals surface area contributed by atoms with Gasteiger partial charge in [0.25, 0.3) is 5.69 Å². The van der Waals surface area contributed by atoms with Crippen LogP contribution in [0.25, 0.3) is 0 Å². The second-order valence-electron chi connectivity index (χ2n) is 4.41. The number of rotatable bonds is 5. The first-order valence-electron chi connectivity index (χ1n) is 6.28. The largest absolute Gasteiger partial charge is 0.350 e. The van der Waals surface area contributed by atoms with Crippen molar-refractivity contribution >= 4 is 23.2 Å². The van der Waals surface area contributed by atoms with Crippen molar-refractivity contribution in [1.29, 1.82) is 0 Å². The third kappa shape index (κ3) is 4.03. The highest BCUT2D eigenvalue weighted by molar-refractivity contribution is 6.30. The average Bonchev–Trinajstić information content (AvgIpc) is 2.53. The summed E-state index contributed by atoms with van der Waals surface area (Å²) < 4.78 is 0. The number of amides is 1. The van der Waals surface area contributed by atoms with Crippen LogP contribution in [0.4, 0.5) is 5.69 Å². The fourth-order valence-corrected chi connectivity index (χ4v) is 2.01. The Morgan fingerprint density at radius 3 is 2.33 bits per heavy atom. The third-order valence-corrected chi connectivity index (χ3v) is 3.39. The summed E-state index contributed by atoms with van der Waals surface area (Å²) in [6, 6.07) is 15.0. The van der Waals surface area contributed by atoms with Gasteiger partial charge in [0.1, 0.15) is 5.38 Å². The molecule has 5 nitrogen and oxygen atoms in total. The van der Waals surface area contributed by atoms with Crippen molar-refractivity contribution < 1.29 is 9.72 Å². The van der Waals surface area contributed by atoms with Gasteiger partial charge in [-0.3, -0.25) is 14.9 Å². The maximum absolute atomic E-state index is 11.9. The molecule has 0 saturated heterocycles. The van der Waals surface area contributed by atoms with Gasteiger partial charge in [-0.2, -0.15) is 0 Å². The Hall–Kier alpha value is -2.40. The van der Waals surface area contributed by atoms with Crippen LogP contribution in [-0.2, 0) is 11.3 Å². The van der Waals surface area contributed by atoms with Crippen LogP contribution in [-0.4, -0.2) is 10.8 Å². The van der Waals surface area contributed by atoms with Crippen molar-refractivity contribution in [3.05, 3.63) is 75.8 Å². The summed E-state index contributed by atoms with van der Waals surface area (Å²) in [4.78, 5) is 22.0. The molecule has 0 heterocycles. The number of nitrogens with one attached hydrogen (secondary N) is 1. The molecule has 108 valence electrons. The number of benzene rings is 2. The monoisotopic (exact) mass is 304 g/mol. The highest BCUT2D eigenvalue weighted by Crippen LogP contribution is 2.20. The minimum Gasteiger partial charge on any atom is -0.350 e. The van der Waals surface area contributed by atoms with E-state index in [9.17, 15) is 14.9 Å². The maximum atomic E-state index is 11.9. The molecule has 0 aliphatic rings. The summed E-state index contributed by atoms with van der Waals surface area (Å²) in [5, 5.41) is 12.5. The van der Waals surface area contributed by atoms with Gasteiger partial charge in [-0.25, -0.2) is 0 Å². The minimum atomic E-state index is -0.760. The summed E-state index contributed by atoms with van der Waals surface area (Å²) in [6.45, 7) is 0.271. The maximum Gasteiger partial charge on any atom is 0.269 e. The fourth-order valence-electron chi connectivity index (χ4n) is 1.79. The van der Waals surface area contributed by atoms with Crippen molar-refractivity contribution in [2.75, 3.05) is 0 Å². The zero-order chi connectivity index (χ0) is 15.2. The number of alkyl halides is 1. The Morgan fingerprint density at radius 2 is 1.76 bits per heavy atom. The molecule has 0 fully saturated rings. The molecule has 0 saturated carbocycles. The number of carbonyl (C=O) groups excluding carboxylic acids is 1. The third-order valence-electron chi connectivity index (χ3n) is 2.94. The summed E-state index contributed by atoms with van der Waals surface area (Å²) in [5.41, 5.74) is 1.51. The van der Waals surface area contributed by atoms with E-state index in [2.05, 4.69) is 5.32 Å². The second kappa shape index (κ2) is 6.85. The van der Waals surface area contributed by atoms with Gasteiger partial charge in [-0.05, 0) is 11.1 Å². The topological polar surface area (TPSA) is 72.2 Å². The van der Waals surface area contributed by atoms with E-state index in [0.29, 0.717) is 0 Å². The Morgan fingerprint density at radius 1 is 1.14 bits per heavy atom. The number of nitro groups is 1. The molecule has 21 heavy (non-hydrogen) atoms. The molecule has 0 aliphatic carbocycles. The second-order valence-corrected chi connectivity index (χ2v) is 4.85. The Kier molecular flexibility index (Phi) is 4.90. The smallest absolute Gasteiger partial charge is 0.269 e. The van der Waals surface area contributed by atoms with E-state index in [0.717, 1.165) is 11.1 Å². The lowest BCUT2D eigenvalue weighted by Gasteiger charge is -2.10. The van der Waals surface area contributed by atoms with Crippen LogP contribution in [0.2, 0.25) is 0 Å². The summed E-state index contributed by atoms with van der Waals surface area (Å²) >= 11 is 6.09. The van der Waals surface area contributed by atoms with Gasteiger partial charge in [0.15, 0.2) is 0 Å². The SMILES string of the molecule is O=C(NCc1ccc([N+](=O)[O-])cc1)C(Cl)c1ccccc1. The van der Waals surface area contributed by atoms with Crippen molar-refractivity contribution in [1.82, 2.24) is 5.32 Å². The minimum absolute atomic E-state index is 0.0181. The van der Waals surface area contributed by atoms with Crippen LogP contribution < -0.4 is 5.32 Å². The van der Waals surface area contributed by atoms with E-state index in [1.165, 1.54) is 12.1 Å². The Bertz CT molecular complexity index is 629. The highest BCUT2D eigenvalue weighted by atomic mass is 35.5. The normalized spacial score (nSPS) is 11.7. The van der Waals surface area contributed by atoms with Gasteiger partial charge >= 0.3 is 0 Å². The van der Waals surface area contributed by atoms with Crippen molar-refractivity contribution in [3.63, 3.8) is 0 Å². The number of nitrogens with zero attached hydrogens (tertiary/aromatic N) is 1. The molecule has 1 amide bonds. The quantitative estimate of drug-likeness (QED) is 0.524. The lowest BCUT2D eigenvalue weighted by molar-refractivity contribution is -0.384. The summed E-state index contributed by atoms with van der Waals surface area (Å²) in [7, 11) is 0. The van der Waals surface area contributed by atoms with E-state index in [1.54, 1.807) is 24.3 Å². The number of carbonyl (C=O) groups is 1. The summed E-state index contributed by atoms with van der Waals surface area (Å²) in [5.74, 6) is -0.304. The van der Waals surface area contributed by atoms with Gasteiger partial charge in [-0.15, -0.1) is 11.6 Å². The lowest BCUT2D eigenvalue weighted by atomic mass is 10.1. The predicted octanol–water partition coefficient (Wildman–Crippen LogP) is 3.19. The molecule has 2 aromatic rings. The van der Waals surface area contributed by atoms with E-state index in [1.807, 2.05) is 18.2 Å². The molecule has 1 atom stereocenters. The van der Waals surface area contributed by atoms with Gasteiger partial charge < -0.3 is 5.32 Å². The zero-order valence-corrected chi connectivity index (χ0v) is 11.8.